The van der Waals surface area contributed by atoms with Gasteiger partial charge in [-0.15, -0.1) is 23.4 Å². The molecule has 0 unspecified atom stereocenters. The fourth-order valence-corrected chi connectivity index (χ4v) is 2.93. The summed E-state index contributed by atoms with van der Waals surface area (Å²) in [6.07, 6.45) is 0.976. The summed E-state index contributed by atoms with van der Waals surface area (Å²) in [6, 6.07) is 8.33. The second kappa shape index (κ2) is 4.90. The maximum atomic E-state index is 11.2. The number of nitrogens with one attached hydrogen (secondary N) is 1. The number of thioether (sulfide) groups is 1. The normalized spacial score (nSPS) is 19.4. The molecule has 0 saturated heterocycles. The van der Waals surface area contributed by atoms with Crippen molar-refractivity contribution in [1.29, 1.82) is 0 Å². The van der Waals surface area contributed by atoms with E-state index in [1.807, 2.05) is 23.9 Å². The minimum Gasteiger partial charge on any atom is -0.348 e. The van der Waals surface area contributed by atoms with Crippen LogP contribution in [0.3, 0.4) is 0 Å². The molecule has 0 saturated carbocycles. The zero-order valence-corrected chi connectivity index (χ0v) is 9.77. The van der Waals surface area contributed by atoms with Gasteiger partial charge in [-0.3, -0.25) is 4.79 Å². The highest BCUT2D eigenvalue weighted by molar-refractivity contribution is 7.99. The standard InChI is InChI=1S/C11H12ClNOS/c12-7-11(14)13-9-5-6-15-10-4-2-1-3-8(9)10/h1-4,9H,5-7H2,(H,13,14)/t9-/m0/s1. The molecule has 1 aliphatic heterocycles. The molecule has 0 bridgehead atoms. The van der Waals surface area contributed by atoms with Crippen LogP contribution in [0.15, 0.2) is 29.2 Å². The zero-order chi connectivity index (χ0) is 10.7. The lowest BCUT2D eigenvalue weighted by Gasteiger charge is -2.25. The van der Waals surface area contributed by atoms with Gasteiger partial charge in [0.25, 0.3) is 0 Å². The Morgan fingerprint density at radius 3 is 3.13 bits per heavy atom. The van der Waals surface area contributed by atoms with Crippen LogP contribution in [0.4, 0.5) is 0 Å². The Morgan fingerprint density at radius 2 is 2.33 bits per heavy atom. The summed E-state index contributed by atoms with van der Waals surface area (Å²) in [5.41, 5.74) is 1.22. The van der Waals surface area contributed by atoms with Gasteiger partial charge in [0.05, 0.1) is 6.04 Å². The van der Waals surface area contributed by atoms with Gasteiger partial charge in [0.2, 0.25) is 5.91 Å². The van der Waals surface area contributed by atoms with Crippen molar-refractivity contribution < 1.29 is 4.79 Å². The number of carbonyl (C=O) groups is 1. The van der Waals surface area contributed by atoms with Crippen molar-refractivity contribution >= 4 is 29.3 Å². The summed E-state index contributed by atoms with van der Waals surface area (Å²) < 4.78 is 0. The van der Waals surface area contributed by atoms with Crippen LogP contribution in [0.2, 0.25) is 0 Å². The largest absolute Gasteiger partial charge is 0.348 e. The molecule has 0 aromatic heterocycles. The van der Waals surface area contributed by atoms with Crippen molar-refractivity contribution in [2.24, 2.45) is 0 Å². The lowest BCUT2D eigenvalue weighted by Crippen LogP contribution is -2.31. The molecular weight excluding hydrogens is 230 g/mol. The van der Waals surface area contributed by atoms with Gasteiger partial charge in [-0.05, 0) is 18.1 Å². The summed E-state index contributed by atoms with van der Waals surface area (Å²) >= 11 is 7.32. The summed E-state index contributed by atoms with van der Waals surface area (Å²) in [6.45, 7) is 0. The fourth-order valence-electron chi connectivity index (χ4n) is 1.72. The van der Waals surface area contributed by atoms with Gasteiger partial charge >= 0.3 is 0 Å². The number of hydrogen-bond donors (Lipinski definition) is 1. The Bertz CT molecular complexity index is 369. The Balaban J connectivity index is 2.18. The quantitative estimate of drug-likeness (QED) is 0.807. The number of alkyl halides is 1. The highest BCUT2D eigenvalue weighted by Crippen LogP contribution is 2.35. The minimum absolute atomic E-state index is 0.0335. The van der Waals surface area contributed by atoms with Crippen LogP contribution < -0.4 is 5.32 Å². The third-order valence-electron chi connectivity index (χ3n) is 2.42. The van der Waals surface area contributed by atoms with Crippen molar-refractivity contribution in [3.63, 3.8) is 0 Å². The van der Waals surface area contributed by atoms with E-state index in [4.69, 9.17) is 11.6 Å². The van der Waals surface area contributed by atoms with E-state index >= 15 is 0 Å². The number of benzene rings is 1. The average Bonchev–Trinajstić information content (AvgIpc) is 2.29. The predicted octanol–water partition coefficient (Wildman–Crippen LogP) is 2.58. The highest BCUT2D eigenvalue weighted by atomic mass is 35.5. The van der Waals surface area contributed by atoms with E-state index in [2.05, 4.69) is 17.4 Å². The Morgan fingerprint density at radius 1 is 1.53 bits per heavy atom. The van der Waals surface area contributed by atoms with Gasteiger partial charge < -0.3 is 5.32 Å². The molecule has 1 aliphatic rings. The predicted molar refractivity (Wildman–Crippen MR) is 63.4 cm³/mol. The number of rotatable bonds is 2. The molecule has 0 spiro atoms. The van der Waals surface area contributed by atoms with E-state index in [-0.39, 0.29) is 17.8 Å². The molecule has 0 fully saturated rings. The van der Waals surface area contributed by atoms with Crippen LogP contribution in [-0.2, 0) is 4.79 Å². The number of halogens is 1. The van der Waals surface area contributed by atoms with Crippen LogP contribution in [0, 0.1) is 0 Å². The third-order valence-corrected chi connectivity index (χ3v) is 3.78. The average molecular weight is 242 g/mol. The van der Waals surface area contributed by atoms with Gasteiger partial charge in [-0.1, -0.05) is 18.2 Å². The summed E-state index contributed by atoms with van der Waals surface area (Å²) in [7, 11) is 0. The lowest BCUT2D eigenvalue weighted by molar-refractivity contribution is -0.119. The fraction of sp³-hybridized carbons (Fsp3) is 0.364. The van der Waals surface area contributed by atoms with Crippen molar-refractivity contribution in [3.8, 4) is 0 Å². The van der Waals surface area contributed by atoms with Crippen molar-refractivity contribution in [3.05, 3.63) is 29.8 Å². The summed E-state index contributed by atoms with van der Waals surface area (Å²) in [5, 5.41) is 2.94. The molecule has 2 nitrogen and oxygen atoms in total. The zero-order valence-electron chi connectivity index (χ0n) is 8.20. The molecular formula is C11H12ClNOS. The molecule has 80 valence electrons. The topological polar surface area (TPSA) is 29.1 Å². The van der Waals surface area contributed by atoms with Gasteiger partial charge in [0.1, 0.15) is 5.88 Å². The molecule has 1 amide bonds. The maximum Gasteiger partial charge on any atom is 0.235 e. The Kier molecular flexibility index (Phi) is 3.54. The summed E-state index contributed by atoms with van der Waals surface area (Å²) in [5.74, 6) is 0.985. The molecule has 1 aromatic carbocycles. The van der Waals surface area contributed by atoms with E-state index in [9.17, 15) is 4.79 Å². The highest BCUT2D eigenvalue weighted by Gasteiger charge is 2.21. The summed E-state index contributed by atoms with van der Waals surface area (Å²) in [4.78, 5) is 12.5. The SMILES string of the molecule is O=C(CCl)N[C@H]1CCSc2ccccc21. The first-order chi connectivity index (χ1) is 7.31. The van der Waals surface area contributed by atoms with Gasteiger partial charge in [-0.2, -0.15) is 0 Å². The van der Waals surface area contributed by atoms with E-state index in [1.54, 1.807) is 0 Å². The number of hydrogen-bond acceptors (Lipinski definition) is 2. The van der Waals surface area contributed by atoms with E-state index < -0.39 is 0 Å². The van der Waals surface area contributed by atoms with Crippen LogP contribution in [0.1, 0.15) is 18.0 Å². The molecule has 4 heteroatoms. The van der Waals surface area contributed by atoms with E-state index in [1.165, 1.54) is 10.5 Å². The lowest BCUT2D eigenvalue weighted by atomic mass is 10.0. The maximum absolute atomic E-state index is 11.2. The molecule has 0 aliphatic carbocycles. The van der Waals surface area contributed by atoms with Gasteiger partial charge in [0, 0.05) is 10.6 Å². The first-order valence-electron chi connectivity index (χ1n) is 4.88. The second-order valence-electron chi connectivity index (χ2n) is 3.43. The minimum atomic E-state index is -0.0941. The molecule has 2 rings (SSSR count). The molecule has 0 radical (unpaired) electrons. The molecule has 15 heavy (non-hydrogen) atoms. The monoisotopic (exact) mass is 241 g/mol. The van der Waals surface area contributed by atoms with Crippen LogP contribution >= 0.6 is 23.4 Å². The first-order valence-corrected chi connectivity index (χ1v) is 6.40. The molecule has 1 N–H and O–H groups in total. The van der Waals surface area contributed by atoms with Crippen molar-refractivity contribution in [2.45, 2.75) is 17.4 Å². The van der Waals surface area contributed by atoms with Crippen LogP contribution in [-0.4, -0.2) is 17.5 Å². The van der Waals surface area contributed by atoms with Crippen molar-refractivity contribution in [2.75, 3.05) is 11.6 Å². The second-order valence-corrected chi connectivity index (χ2v) is 4.83. The van der Waals surface area contributed by atoms with Gasteiger partial charge in [0.15, 0.2) is 0 Å². The van der Waals surface area contributed by atoms with Crippen LogP contribution in [0.5, 0.6) is 0 Å². The molecule has 1 aromatic rings. The Labute approximate surface area is 98.4 Å². The van der Waals surface area contributed by atoms with E-state index in [0.717, 1.165) is 12.2 Å². The molecule has 1 atom stereocenters. The molecule has 1 heterocycles. The smallest absolute Gasteiger partial charge is 0.235 e. The number of carbonyl (C=O) groups excluding carboxylic acids is 1. The Hall–Kier alpha value is -0.670. The number of amides is 1. The number of fused-ring (bicyclic) bond motifs is 1. The van der Waals surface area contributed by atoms with Gasteiger partial charge in [-0.25, -0.2) is 0 Å². The van der Waals surface area contributed by atoms with Crippen molar-refractivity contribution in [1.82, 2.24) is 5.32 Å². The van der Waals surface area contributed by atoms with E-state index in [0.29, 0.717) is 0 Å². The third kappa shape index (κ3) is 2.47. The first kappa shape index (κ1) is 10.8. The van der Waals surface area contributed by atoms with Crippen LogP contribution in [0.25, 0.3) is 0 Å².